The number of aliphatic carboxylic acids is 1. The molecule has 2 N–H and O–H groups in total. The second-order valence-electron chi connectivity index (χ2n) is 8.79. The maximum Gasteiger partial charge on any atom is 0.123 e. The first-order valence-corrected chi connectivity index (χ1v) is 11.1. The third kappa shape index (κ3) is 7.19. The molecule has 1 aromatic heterocycles. The van der Waals surface area contributed by atoms with Crippen LogP contribution in [0.15, 0.2) is 30.3 Å². The molecule has 1 heterocycles. The number of carbonyl (C=O) groups excluding carboxylic acids is 1. The fraction of sp³-hybridized carbons (Fsp3) is 0.462. The number of benzene rings is 1. The molecule has 1 aromatic carbocycles. The fourth-order valence-electron chi connectivity index (χ4n) is 3.84. The molecule has 7 heteroatoms. The summed E-state index contributed by atoms with van der Waals surface area (Å²) in [5.74, 6) is -1.55. The van der Waals surface area contributed by atoms with Crippen LogP contribution < -0.4 is 5.11 Å². The summed E-state index contributed by atoms with van der Waals surface area (Å²) >= 11 is 0. The van der Waals surface area contributed by atoms with Gasteiger partial charge < -0.3 is 24.9 Å². The first-order valence-electron chi connectivity index (χ1n) is 11.1. The molecule has 6 nitrogen and oxygen atoms in total. The van der Waals surface area contributed by atoms with Gasteiger partial charge in [-0.1, -0.05) is 52.0 Å². The van der Waals surface area contributed by atoms with Crippen molar-refractivity contribution in [2.75, 3.05) is 7.11 Å². The Morgan fingerprint density at radius 1 is 1.12 bits per heavy atom. The summed E-state index contributed by atoms with van der Waals surface area (Å²) in [5, 5.41) is 30.9. The third-order valence-electron chi connectivity index (χ3n) is 5.31. The molecule has 2 rings (SSSR count). The Labute approximate surface area is 194 Å². The molecule has 0 saturated heterocycles. The lowest BCUT2D eigenvalue weighted by molar-refractivity contribution is -0.307. The molecule has 0 aliphatic heterocycles. The number of nitrogens with zero attached hydrogens (tertiary/aromatic N) is 1. The number of rotatable bonds is 11. The van der Waals surface area contributed by atoms with E-state index in [9.17, 15) is 24.5 Å². The predicted molar refractivity (Wildman–Crippen MR) is 124 cm³/mol. The highest BCUT2D eigenvalue weighted by Gasteiger charge is 2.23. The molecule has 0 aliphatic rings. The number of hydrogen-bond donors (Lipinski definition) is 2. The van der Waals surface area contributed by atoms with Gasteiger partial charge in [-0.15, -0.1) is 0 Å². The number of halogens is 1. The van der Waals surface area contributed by atoms with E-state index >= 15 is 0 Å². The zero-order valence-electron chi connectivity index (χ0n) is 19.8. The number of carboxylic acids is 1. The van der Waals surface area contributed by atoms with Crippen LogP contribution in [-0.2, 0) is 16.1 Å². The highest BCUT2D eigenvalue weighted by Crippen LogP contribution is 2.37. The molecule has 0 unspecified atom stereocenters. The monoisotopic (exact) mass is 458 g/mol. The van der Waals surface area contributed by atoms with Gasteiger partial charge in [0.25, 0.3) is 0 Å². The molecule has 180 valence electrons. The number of ether oxygens (including phenoxy) is 1. The van der Waals surface area contributed by atoms with E-state index in [0.29, 0.717) is 6.61 Å². The van der Waals surface area contributed by atoms with Crippen molar-refractivity contribution < 1.29 is 29.2 Å². The van der Waals surface area contributed by atoms with Crippen molar-refractivity contribution in [1.82, 2.24) is 4.98 Å². The highest BCUT2D eigenvalue weighted by atomic mass is 19.1. The summed E-state index contributed by atoms with van der Waals surface area (Å²) in [6.07, 6.45) is 0.264. The van der Waals surface area contributed by atoms with E-state index in [0.717, 1.165) is 33.6 Å². The number of carbonyl (C=O) groups is 1. The van der Waals surface area contributed by atoms with Crippen molar-refractivity contribution in [3.63, 3.8) is 0 Å². The molecule has 0 fully saturated rings. The van der Waals surface area contributed by atoms with Crippen LogP contribution in [-0.4, -0.2) is 40.5 Å². The zero-order chi connectivity index (χ0) is 24.7. The van der Waals surface area contributed by atoms with E-state index in [2.05, 4.69) is 13.8 Å². The summed E-state index contributed by atoms with van der Waals surface area (Å²) in [7, 11) is 1.60. The van der Waals surface area contributed by atoms with Gasteiger partial charge in [-0.2, -0.15) is 0 Å². The predicted octanol–water partition coefficient (Wildman–Crippen LogP) is 3.55. The van der Waals surface area contributed by atoms with E-state index < -0.39 is 24.6 Å². The normalized spacial score (nSPS) is 13.8. The van der Waals surface area contributed by atoms with E-state index in [1.807, 2.05) is 13.8 Å². The number of aliphatic hydroxyl groups is 2. The van der Waals surface area contributed by atoms with Crippen molar-refractivity contribution >= 4 is 12.0 Å². The average molecular weight is 459 g/mol. The van der Waals surface area contributed by atoms with Crippen LogP contribution in [0, 0.1) is 5.82 Å². The van der Waals surface area contributed by atoms with Crippen molar-refractivity contribution in [3.05, 3.63) is 58.7 Å². The third-order valence-corrected chi connectivity index (χ3v) is 5.31. The molecule has 0 saturated carbocycles. The minimum Gasteiger partial charge on any atom is -0.550 e. The van der Waals surface area contributed by atoms with E-state index in [4.69, 9.17) is 9.72 Å². The fourth-order valence-corrected chi connectivity index (χ4v) is 3.84. The Morgan fingerprint density at radius 2 is 1.73 bits per heavy atom. The largest absolute Gasteiger partial charge is 0.550 e. The molecule has 0 aliphatic carbocycles. The number of aromatic nitrogens is 1. The number of carboxylic acid groups (broad SMARTS) is 1. The number of hydrogen-bond acceptors (Lipinski definition) is 6. The Balaban J connectivity index is 2.69. The Morgan fingerprint density at radius 3 is 2.24 bits per heavy atom. The van der Waals surface area contributed by atoms with Crippen LogP contribution >= 0.6 is 0 Å². The van der Waals surface area contributed by atoms with Gasteiger partial charge in [-0.3, -0.25) is 4.98 Å². The second-order valence-corrected chi connectivity index (χ2v) is 8.79. The average Bonchev–Trinajstić information content (AvgIpc) is 2.72. The first kappa shape index (κ1) is 26.6. The van der Waals surface area contributed by atoms with E-state index in [-0.39, 0.29) is 24.1 Å². The Bertz CT molecular complexity index is 970. The maximum atomic E-state index is 13.7. The van der Waals surface area contributed by atoms with Gasteiger partial charge in [0.1, 0.15) is 5.82 Å². The van der Waals surface area contributed by atoms with E-state index in [1.54, 1.807) is 25.3 Å². The van der Waals surface area contributed by atoms with Gasteiger partial charge in [0, 0.05) is 42.7 Å². The summed E-state index contributed by atoms with van der Waals surface area (Å²) in [6, 6.07) is 6.20. The van der Waals surface area contributed by atoms with Crippen LogP contribution in [0.1, 0.15) is 74.9 Å². The van der Waals surface area contributed by atoms with Gasteiger partial charge in [0.2, 0.25) is 0 Å². The van der Waals surface area contributed by atoms with Crippen LogP contribution in [0.3, 0.4) is 0 Å². The molecular weight excluding hydrogens is 425 g/mol. The molecule has 0 bridgehead atoms. The van der Waals surface area contributed by atoms with Crippen LogP contribution in [0.2, 0.25) is 0 Å². The maximum absolute atomic E-state index is 13.7. The quantitative estimate of drug-likeness (QED) is 0.534. The Kier molecular flexibility index (Phi) is 9.70. The minimum absolute atomic E-state index is 0.0544. The Hall–Kier alpha value is -2.61. The van der Waals surface area contributed by atoms with Gasteiger partial charge in [-0.05, 0) is 35.1 Å². The zero-order valence-corrected chi connectivity index (χ0v) is 19.8. The summed E-state index contributed by atoms with van der Waals surface area (Å²) in [6.45, 7) is 8.46. The molecule has 33 heavy (non-hydrogen) atoms. The van der Waals surface area contributed by atoms with Gasteiger partial charge in [-0.25, -0.2) is 4.39 Å². The number of methoxy groups -OCH3 is 1. The summed E-state index contributed by atoms with van der Waals surface area (Å²) in [4.78, 5) is 15.6. The van der Waals surface area contributed by atoms with Gasteiger partial charge in [0.05, 0.1) is 24.5 Å². The second kappa shape index (κ2) is 12.0. The molecule has 2 aromatic rings. The van der Waals surface area contributed by atoms with Gasteiger partial charge >= 0.3 is 0 Å². The van der Waals surface area contributed by atoms with Crippen molar-refractivity contribution in [2.45, 2.75) is 71.2 Å². The smallest absolute Gasteiger partial charge is 0.123 e. The lowest BCUT2D eigenvalue weighted by Gasteiger charge is -2.23. The minimum atomic E-state index is -1.38. The van der Waals surface area contributed by atoms with Crippen LogP contribution in [0.4, 0.5) is 4.39 Å². The highest BCUT2D eigenvalue weighted by molar-refractivity contribution is 5.80. The number of aliphatic hydroxyl groups excluding tert-OH is 2. The molecule has 2 atom stereocenters. The molecule has 0 amide bonds. The summed E-state index contributed by atoms with van der Waals surface area (Å²) in [5.41, 5.74) is 4.99. The standard InChI is InChI=1S/C26H34FNO5/c1-15(2)25-21(11-10-19(29)12-20(30)13-23(31)32)24(17-6-8-18(27)9-7-17)22(14-33-5)26(28-25)16(3)4/h6-11,15-16,19-20,29-30H,12-14H2,1-5H3,(H,31,32)/p-1/b11-10+/t19-,20-/m1/s1. The van der Waals surface area contributed by atoms with Crippen LogP contribution in [0.25, 0.3) is 17.2 Å². The first-order chi connectivity index (χ1) is 15.5. The topological polar surface area (TPSA) is 103 Å². The van der Waals surface area contributed by atoms with Crippen LogP contribution in [0.5, 0.6) is 0 Å². The lowest BCUT2D eigenvalue weighted by Crippen LogP contribution is -2.29. The molecular formula is C26H33FNO5-. The number of pyridine rings is 1. The van der Waals surface area contributed by atoms with Gasteiger partial charge in [0.15, 0.2) is 0 Å². The SMILES string of the molecule is COCc1c(C(C)C)nc(C(C)C)c(/C=C/[C@@H](O)C[C@@H](O)CC(=O)[O-])c1-c1ccc(F)cc1. The van der Waals surface area contributed by atoms with E-state index in [1.165, 1.54) is 18.2 Å². The lowest BCUT2D eigenvalue weighted by atomic mass is 9.87. The van der Waals surface area contributed by atoms with Crippen molar-refractivity contribution in [2.24, 2.45) is 0 Å². The summed E-state index contributed by atoms with van der Waals surface area (Å²) < 4.78 is 19.2. The van der Waals surface area contributed by atoms with Crippen molar-refractivity contribution in [3.8, 4) is 11.1 Å². The molecule has 0 spiro atoms. The molecule has 0 radical (unpaired) electrons. The van der Waals surface area contributed by atoms with Crippen molar-refractivity contribution in [1.29, 1.82) is 0 Å².